The molecule has 0 bridgehead atoms. The highest BCUT2D eigenvalue weighted by atomic mass is 35.5. The van der Waals surface area contributed by atoms with E-state index in [1.165, 1.54) is 0 Å². The standard InChI is InChI=1S/C9H10Cl2N6/c1-17-5-13-15-8(17)2-3-12-6-4-7(10)14-16-9(6)11/h4-5H,2-3H2,1H3,(H,12,14). The molecule has 8 heteroatoms. The van der Waals surface area contributed by atoms with Crippen LogP contribution >= 0.6 is 23.2 Å². The Hall–Kier alpha value is -1.40. The Morgan fingerprint density at radius 1 is 1.29 bits per heavy atom. The normalized spacial score (nSPS) is 10.5. The van der Waals surface area contributed by atoms with Crippen LogP contribution in [-0.4, -0.2) is 31.5 Å². The second kappa shape index (κ2) is 5.29. The molecule has 0 unspecified atom stereocenters. The largest absolute Gasteiger partial charge is 0.382 e. The van der Waals surface area contributed by atoms with Crippen LogP contribution in [0.5, 0.6) is 0 Å². The maximum Gasteiger partial charge on any atom is 0.174 e. The quantitative estimate of drug-likeness (QED) is 0.915. The number of rotatable bonds is 4. The first-order chi connectivity index (χ1) is 8.16. The van der Waals surface area contributed by atoms with Crippen molar-refractivity contribution in [3.05, 3.63) is 28.5 Å². The van der Waals surface area contributed by atoms with Gasteiger partial charge in [0, 0.05) is 26.1 Å². The van der Waals surface area contributed by atoms with Crippen molar-refractivity contribution in [1.82, 2.24) is 25.0 Å². The van der Waals surface area contributed by atoms with Gasteiger partial charge in [0.05, 0.1) is 5.69 Å². The molecule has 2 heterocycles. The van der Waals surface area contributed by atoms with Gasteiger partial charge in [0.2, 0.25) is 0 Å². The Bertz CT molecular complexity index is 512. The fourth-order valence-corrected chi connectivity index (χ4v) is 1.63. The molecule has 6 nitrogen and oxygen atoms in total. The van der Waals surface area contributed by atoms with Gasteiger partial charge in [0.25, 0.3) is 0 Å². The molecule has 90 valence electrons. The molecule has 2 aromatic heterocycles. The number of aryl methyl sites for hydroxylation is 1. The zero-order chi connectivity index (χ0) is 12.3. The zero-order valence-corrected chi connectivity index (χ0v) is 10.6. The molecule has 0 aliphatic carbocycles. The van der Waals surface area contributed by atoms with Gasteiger partial charge in [-0.05, 0) is 0 Å². The molecule has 0 aromatic carbocycles. The lowest BCUT2D eigenvalue weighted by Gasteiger charge is -2.06. The molecule has 0 radical (unpaired) electrons. The summed E-state index contributed by atoms with van der Waals surface area (Å²) in [7, 11) is 1.90. The molecule has 0 aliphatic heterocycles. The predicted octanol–water partition coefficient (Wildman–Crippen LogP) is 1.57. The molecule has 0 fully saturated rings. The van der Waals surface area contributed by atoms with E-state index in [0.29, 0.717) is 22.5 Å². The van der Waals surface area contributed by atoms with Crippen molar-refractivity contribution in [3.63, 3.8) is 0 Å². The van der Waals surface area contributed by atoms with Gasteiger partial charge < -0.3 is 9.88 Å². The first-order valence-corrected chi connectivity index (χ1v) is 5.68. The van der Waals surface area contributed by atoms with E-state index in [4.69, 9.17) is 23.2 Å². The number of nitrogens with one attached hydrogen (secondary N) is 1. The summed E-state index contributed by atoms with van der Waals surface area (Å²) in [5, 5.41) is 18.8. The van der Waals surface area contributed by atoms with E-state index in [-0.39, 0.29) is 0 Å². The molecule has 0 amide bonds. The number of hydrogen-bond acceptors (Lipinski definition) is 5. The Morgan fingerprint density at radius 2 is 2.12 bits per heavy atom. The Labute approximate surface area is 108 Å². The first kappa shape index (κ1) is 12.1. The van der Waals surface area contributed by atoms with Crippen molar-refractivity contribution in [3.8, 4) is 0 Å². The minimum atomic E-state index is 0.298. The predicted molar refractivity (Wildman–Crippen MR) is 65.2 cm³/mol. The summed E-state index contributed by atoms with van der Waals surface area (Å²) >= 11 is 11.6. The molecule has 0 saturated heterocycles. The molecule has 0 saturated carbocycles. The van der Waals surface area contributed by atoms with Gasteiger partial charge in [-0.2, -0.15) is 0 Å². The van der Waals surface area contributed by atoms with E-state index in [1.54, 1.807) is 12.4 Å². The van der Waals surface area contributed by atoms with E-state index in [0.717, 1.165) is 12.2 Å². The van der Waals surface area contributed by atoms with Crippen molar-refractivity contribution in [2.24, 2.45) is 7.05 Å². The second-order valence-electron chi connectivity index (χ2n) is 3.41. The number of anilines is 1. The van der Waals surface area contributed by atoms with Gasteiger partial charge >= 0.3 is 0 Å². The van der Waals surface area contributed by atoms with Crippen LogP contribution < -0.4 is 5.32 Å². The van der Waals surface area contributed by atoms with Gasteiger partial charge in [-0.15, -0.1) is 20.4 Å². The number of nitrogens with zero attached hydrogens (tertiary/aromatic N) is 5. The molecule has 17 heavy (non-hydrogen) atoms. The zero-order valence-electron chi connectivity index (χ0n) is 9.06. The summed E-state index contributed by atoms with van der Waals surface area (Å²) < 4.78 is 1.86. The highest BCUT2D eigenvalue weighted by molar-refractivity contribution is 6.33. The molecular weight excluding hydrogens is 263 g/mol. The SMILES string of the molecule is Cn1cnnc1CCNc1cc(Cl)nnc1Cl. The number of halogens is 2. The number of aromatic nitrogens is 5. The Kier molecular flexibility index (Phi) is 3.75. The maximum absolute atomic E-state index is 5.86. The lowest BCUT2D eigenvalue weighted by Crippen LogP contribution is -2.09. The van der Waals surface area contributed by atoms with Crippen LogP contribution in [0.4, 0.5) is 5.69 Å². The van der Waals surface area contributed by atoms with E-state index < -0.39 is 0 Å². The van der Waals surface area contributed by atoms with Crippen LogP contribution in [0.1, 0.15) is 5.82 Å². The summed E-state index contributed by atoms with van der Waals surface area (Å²) in [4.78, 5) is 0. The summed E-state index contributed by atoms with van der Waals surface area (Å²) in [6.45, 7) is 0.661. The van der Waals surface area contributed by atoms with Gasteiger partial charge in [-0.25, -0.2) is 0 Å². The van der Waals surface area contributed by atoms with Crippen LogP contribution in [-0.2, 0) is 13.5 Å². The summed E-state index contributed by atoms with van der Waals surface area (Å²) in [6.07, 6.45) is 2.39. The van der Waals surface area contributed by atoms with Crippen LogP contribution in [0.3, 0.4) is 0 Å². The average Bonchev–Trinajstić information content (AvgIpc) is 2.70. The molecule has 0 aliphatic rings. The van der Waals surface area contributed by atoms with Crippen molar-refractivity contribution in [2.75, 3.05) is 11.9 Å². The monoisotopic (exact) mass is 272 g/mol. The molecule has 0 spiro atoms. The Balaban J connectivity index is 1.94. The van der Waals surface area contributed by atoms with Crippen LogP contribution in [0.2, 0.25) is 10.3 Å². The van der Waals surface area contributed by atoms with Crippen molar-refractivity contribution in [1.29, 1.82) is 0 Å². The highest BCUT2D eigenvalue weighted by Gasteiger charge is 2.05. The van der Waals surface area contributed by atoms with Crippen LogP contribution in [0.15, 0.2) is 12.4 Å². The summed E-state index contributed by atoms with van der Waals surface area (Å²) in [5.41, 5.74) is 0.661. The third-order valence-electron chi connectivity index (χ3n) is 2.19. The first-order valence-electron chi connectivity index (χ1n) is 4.92. The van der Waals surface area contributed by atoms with E-state index >= 15 is 0 Å². The van der Waals surface area contributed by atoms with Crippen LogP contribution in [0, 0.1) is 0 Å². The third-order valence-corrected chi connectivity index (χ3v) is 2.65. The molecule has 2 rings (SSSR count). The van der Waals surface area contributed by atoms with Crippen LogP contribution in [0.25, 0.3) is 0 Å². The summed E-state index contributed by atoms with van der Waals surface area (Å²) in [6, 6.07) is 1.63. The minimum absolute atomic E-state index is 0.298. The minimum Gasteiger partial charge on any atom is -0.382 e. The average molecular weight is 273 g/mol. The van der Waals surface area contributed by atoms with Crippen molar-refractivity contribution < 1.29 is 0 Å². The molecule has 2 aromatic rings. The van der Waals surface area contributed by atoms with Gasteiger partial charge in [-0.1, -0.05) is 23.2 Å². The Morgan fingerprint density at radius 3 is 2.82 bits per heavy atom. The van der Waals surface area contributed by atoms with Crippen molar-refractivity contribution in [2.45, 2.75) is 6.42 Å². The smallest absolute Gasteiger partial charge is 0.174 e. The number of hydrogen-bond donors (Lipinski definition) is 1. The van der Waals surface area contributed by atoms with Gasteiger partial charge in [0.1, 0.15) is 12.2 Å². The lowest BCUT2D eigenvalue weighted by atomic mass is 10.3. The highest BCUT2D eigenvalue weighted by Crippen LogP contribution is 2.20. The fraction of sp³-hybridized carbons (Fsp3) is 0.333. The second-order valence-corrected chi connectivity index (χ2v) is 4.15. The van der Waals surface area contributed by atoms with Gasteiger partial charge in [0.15, 0.2) is 10.3 Å². The molecule has 0 atom stereocenters. The molecular formula is C9H10Cl2N6. The molecule has 1 N–H and O–H groups in total. The van der Waals surface area contributed by atoms with E-state index in [9.17, 15) is 0 Å². The third kappa shape index (κ3) is 3.04. The van der Waals surface area contributed by atoms with E-state index in [2.05, 4.69) is 25.7 Å². The lowest BCUT2D eigenvalue weighted by molar-refractivity contribution is 0.788. The fourth-order valence-electron chi connectivity index (χ4n) is 1.32. The summed E-state index contributed by atoms with van der Waals surface area (Å²) in [5.74, 6) is 0.890. The topological polar surface area (TPSA) is 68.5 Å². The van der Waals surface area contributed by atoms with E-state index in [1.807, 2.05) is 11.6 Å². The maximum atomic E-state index is 5.86. The van der Waals surface area contributed by atoms with Gasteiger partial charge in [-0.3, -0.25) is 0 Å². The van der Waals surface area contributed by atoms with Crippen molar-refractivity contribution >= 4 is 28.9 Å².